The first-order valence-corrected chi connectivity index (χ1v) is 8.17. The molecule has 0 N–H and O–H groups in total. The third-order valence-corrected chi connectivity index (χ3v) is 3.92. The predicted octanol–water partition coefficient (Wildman–Crippen LogP) is 3.63. The van der Waals surface area contributed by atoms with Crippen LogP contribution >= 0.6 is 0 Å². The van der Waals surface area contributed by atoms with E-state index in [0.29, 0.717) is 34.6 Å². The number of para-hydroxylation sites is 1. The molecule has 0 amide bonds. The third-order valence-electron chi connectivity index (χ3n) is 3.92. The Morgan fingerprint density at radius 3 is 2.81 bits per heavy atom. The first-order valence-electron chi connectivity index (χ1n) is 8.17. The number of ether oxygens (including phenoxy) is 1. The van der Waals surface area contributed by atoms with Gasteiger partial charge in [-0.05, 0) is 18.2 Å². The average Bonchev–Trinajstić information content (AvgIpc) is 3.36. The molecule has 0 unspecified atom stereocenters. The molecule has 0 atom stereocenters. The molecule has 5 rings (SSSR count). The van der Waals surface area contributed by atoms with E-state index in [1.807, 2.05) is 34.7 Å². The predicted molar refractivity (Wildman–Crippen MR) is 96.0 cm³/mol. The highest BCUT2D eigenvalue weighted by molar-refractivity contribution is 5.60. The summed E-state index contributed by atoms with van der Waals surface area (Å²) in [5, 5.41) is 4.07. The Balaban J connectivity index is 1.47. The Morgan fingerprint density at radius 1 is 0.963 bits per heavy atom. The molecule has 0 aliphatic carbocycles. The molecule has 0 fully saturated rings. The highest BCUT2D eigenvalue weighted by Crippen LogP contribution is 2.26. The minimum Gasteiger partial charge on any atom is -0.439 e. The molecule has 4 aromatic heterocycles. The van der Waals surface area contributed by atoms with Crippen molar-refractivity contribution >= 4 is 5.65 Å². The van der Waals surface area contributed by atoms with Crippen molar-refractivity contribution in [2.75, 3.05) is 0 Å². The molecule has 1 aromatic carbocycles. The van der Waals surface area contributed by atoms with Crippen molar-refractivity contribution in [3.05, 3.63) is 73.4 Å². The van der Waals surface area contributed by atoms with E-state index in [2.05, 4.69) is 25.1 Å². The van der Waals surface area contributed by atoms with Crippen LogP contribution in [0.2, 0.25) is 0 Å². The fraction of sp³-hybridized carbons (Fsp3) is 0. The van der Waals surface area contributed by atoms with E-state index in [1.165, 1.54) is 0 Å². The van der Waals surface area contributed by atoms with Crippen LogP contribution in [0.3, 0.4) is 0 Å². The number of benzene rings is 1. The van der Waals surface area contributed by atoms with E-state index in [4.69, 9.17) is 9.26 Å². The summed E-state index contributed by atoms with van der Waals surface area (Å²) >= 11 is 0. The summed E-state index contributed by atoms with van der Waals surface area (Å²) in [6.07, 6.45) is 8.46. The van der Waals surface area contributed by atoms with Crippen LogP contribution < -0.4 is 4.74 Å². The number of hydrogen-bond acceptors (Lipinski definition) is 7. The molecule has 130 valence electrons. The van der Waals surface area contributed by atoms with Gasteiger partial charge in [0.1, 0.15) is 11.4 Å². The molecule has 0 bridgehead atoms. The monoisotopic (exact) mass is 356 g/mol. The van der Waals surface area contributed by atoms with Gasteiger partial charge >= 0.3 is 0 Å². The van der Waals surface area contributed by atoms with Crippen LogP contribution in [0.15, 0.2) is 78.0 Å². The second kappa shape index (κ2) is 6.34. The Morgan fingerprint density at radius 2 is 1.89 bits per heavy atom. The SMILES string of the molecule is c1ccc(Oc2cc(-c3nc(-c4cnc5cnccn45)no3)ccn2)cc1. The van der Waals surface area contributed by atoms with Gasteiger partial charge in [0, 0.05) is 30.2 Å². The number of pyridine rings is 1. The quantitative estimate of drug-likeness (QED) is 0.485. The Kier molecular flexibility index (Phi) is 3.57. The molecule has 0 radical (unpaired) electrons. The van der Waals surface area contributed by atoms with E-state index >= 15 is 0 Å². The van der Waals surface area contributed by atoms with Gasteiger partial charge in [-0.15, -0.1) is 0 Å². The molecule has 8 nitrogen and oxygen atoms in total. The lowest BCUT2D eigenvalue weighted by atomic mass is 10.2. The molecule has 0 aliphatic rings. The van der Waals surface area contributed by atoms with Crippen LogP contribution in [-0.2, 0) is 0 Å². The Labute approximate surface area is 153 Å². The fourth-order valence-electron chi connectivity index (χ4n) is 2.66. The second-order valence-electron chi connectivity index (χ2n) is 5.67. The highest BCUT2D eigenvalue weighted by atomic mass is 16.5. The van der Waals surface area contributed by atoms with Gasteiger partial charge in [-0.3, -0.25) is 9.38 Å². The van der Waals surface area contributed by atoms with Gasteiger partial charge in [0.2, 0.25) is 11.7 Å². The Bertz CT molecular complexity index is 1220. The fourth-order valence-corrected chi connectivity index (χ4v) is 2.66. The molecule has 0 saturated heterocycles. The van der Waals surface area contributed by atoms with E-state index in [0.717, 1.165) is 5.69 Å². The number of imidazole rings is 1. The van der Waals surface area contributed by atoms with Crippen LogP contribution in [0, 0.1) is 0 Å². The first-order chi connectivity index (χ1) is 13.4. The minimum absolute atomic E-state index is 0.370. The lowest BCUT2D eigenvalue weighted by Crippen LogP contribution is -1.90. The van der Waals surface area contributed by atoms with E-state index in [9.17, 15) is 0 Å². The number of aromatic nitrogens is 6. The summed E-state index contributed by atoms with van der Waals surface area (Å²) in [6.45, 7) is 0. The molecule has 0 aliphatic heterocycles. The van der Waals surface area contributed by atoms with Crippen LogP contribution in [0.25, 0.3) is 28.6 Å². The molecule has 27 heavy (non-hydrogen) atoms. The van der Waals surface area contributed by atoms with Gasteiger partial charge in [-0.1, -0.05) is 23.4 Å². The summed E-state index contributed by atoms with van der Waals surface area (Å²) in [7, 11) is 0. The zero-order valence-electron chi connectivity index (χ0n) is 13.9. The third kappa shape index (κ3) is 2.89. The van der Waals surface area contributed by atoms with E-state index in [1.54, 1.807) is 43.1 Å². The van der Waals surface area contributed by atoms with Crippen LogP contribution in [0.4, 0.5) is 0 Å². The van der Waals surface area contributed by atoms with Gasteiger partial charge in [-0.2, -0.15) is 4.98 Å². The number of rotatable bonds is 4. The van der Waals surface area contributed by atoms with Crippen molar-refractivity contribution in [1.82, 2.24) is 29.5 Å². The average molecular weight is 356 g/mol. The van der Waals surface area contributed by atoms with Gasteiger partial charge in [0.25, 0.3) is 5.89 Å². The summed E-state index contributed by atoms with van der Waals surface area (Å²) in [5.41, 5.74) is 2.14. The zero-order chi connectivity index (χ0) is 18.1. The van der Waals surface area contributed by atoms with Crippen molar-refractivity contribution < 1.29 is 9.26 Å². The summed E-state index contributed by atoms with van der Waals surface area (Å²) in [5.74, 6) is 1.95. The minimum atomic E-state index is 0.370. The lowest BCUT2D eigenvalue weighted by Gasteiger charge is -2.04. The summed E-state index contributed by atoms with van der Waals surface area (Å²) in [6, 6.07) is 13.0. The van der Waals surface area contributed by atoms with Gasteiger partial charge in [-0.25, -0.2) is 9.97 Å². The normalized spacial score (nSPS) is 11.0. The number of hydrogen-bond donors (Lipinski definition) is 0. The van der Waals surface area contributed by atoms with Gasteiger partial charge < -0.3 is 9.26 Å². The maximum atomic E-state index is 5.76. The maximum absolute atomic E-state index is 5.76. The lowest BCUT2D eigenvalue weighted by molar-refractivity contribution is 0.430. The smallest absolute Gasteiger partial charge is 0.258 e. The van der Waals surface area contributed by atoms with E-state index in [-0.39, 0.29) is 0 Å². The van der Waals surface area contributed by atoms with Gasteiger partial charge in [0.05, 0.1) is 12.4 Å². The van der Waals surface area contributed by atoms with Crippen molar-refractivity contribution in [2.24, 2.45) is 0 Å². The second-order valence-corrected chi connectivity index (χ2v) is 5.67. The van der Waals surface area contributed by atoms with Crippen molar-refractivity contribution in [2.45, 2.75) is 0 Å². The van der Waals surface area contributed by atoms with Crippen LogP contribution in [-0.4, -0.2) is 29.5 Å². The number of nitrogens with zero attached hydrogens (tertiary/aromatic N) is 6. The Hall–Kier alpha value is -4.07. The maximum Gasteiger partial charge on any atom is 0.258 e. The molecule has 0 spiro atoms. The molecule has 8 heteroatoms. The highest BCUT2D eigenvalue weighted by Gasteiger charge is 2.15. The number of fused-ring (bicyclic) bond motifs is 1. The van der Waals surface area contributed by atoms with E-state index < -0.39 is 0 Å². The topological polar surface area (TPSA) is 91.2 Å². The van der Waals surface area contributed by atoms with Crippen LogP contribution in [0.1, 0.15) is 0 Å². The molecular weight excluding hydrogens is 344 g/mol. The zero-order valence-corrected chi connectivity index (χ0v) is 13.9. The largest absolute Gasteiger partial charge is 0.439 e. The summed E-state index contributed by atoms with van der Waals surface area (Å²) < 4.78 is 13.0. The molecular formula is C19H12N6O2. The standard InChI is InChI=1S/C19H12N6O2/c1-2-4-14(5-3-1)26-17-10-13(6-7-21-17)19-23-18(24-27-19)15-11-22-16-12-20-8-9-25(15)16/h1-12H. The summed E-state index contributed by atoms with van der Waals surface area (Å²) in [4.78, 5) is 17.0. The van der Waals surface area contributed by atoms with Crippen molar-refractivity contribution in [3.63, 3.8) is 0 Å². The van der Waals surface area contributed by atoms with Crippen LogP contribution in [0.5, 0.6) is 11.6 Å². The molecule has 5 aromatic rings. The first kappa shape index (κ1) is 15.2. The van der Waals surface area contributed by atoms with Gasteiger partial charge in [0.15, 0.2) is 5.65 Å². The van der Waals surface area contributed by atoms with Crippen molar-refractivity contribution in [3.8, 4) is 34.6 Å². The molecule has 0 saturated carbocycles. The molecule has 4 heterocycles. The van der Waals surface area contributed by atoms with Crippen molar-refractivity contribution in [1.29, 1.82) is 0 Å².